The lowest BCUT2D eigenvalue weighted by Crippen LogP contribution is -2.43. The van der Waals surface area contributed by atoms with Crippen LogP contribution in [0.4, 0.5) is 0 Å². The van der Waals surface area contributed by atoms with Gasteiger partial charge in [0.1, 0.15) is 0 Å². The molecule has 0 bridgehead atoms. The Labute approximate surface area is 144 Å². The molecule has 0 aliphatic carbocycles. The van der Waals surface area contributed by atoms with Crippen LogP contribution in [-0.2, 0) is 6.54 Å². The smallest absolute Gasteiger partial charge is 0.0690 e. The highest BCUT2D eigenvalue weighted by Crippen LogP contribution is 2.18. The van der Waals surface area contributed by atoms with E-state index in [0.717, 1.165) is 19.6 Å². The number of benzene rings is 1. The Morgan fingerprint density at radius 2 is 2.09 bits per heavy atom. The van der Waals surface area contributed by atoms with Crippen molar-refractivity contribution < 1.29 is 0 Å². The van der Waals surface area contributed by atoms with Crippen LogP contribution in [-0.4, -0.2) is 40.9 Å². The molecule has 2 heterocycles. The Hall–Kier alpha value is -1.07. The van der Waals surface area contributed by atoms with Crippen molar-refractivity contribution in [2.75, 3.05) is 20.1 Å². The third-order valence-corrected chi connectivity index (χ3v) is 4.06. The molecule has 2 aromatic rings. The fraction of sp³-hybridized carbons (Fsp3) is 0.438. The van der Waals surface area contributed by atoms with Gasteiger partial charge in [0, 0.05) is 31.5 Å². The molecule has 1 unspecified atom stereocenters. The molecule has 0 spiro atoms. The number of rotatable bonds is 4. The van der Waals surface area contributed by atoms with Crippen LogP contribution >= 0.6 is 24.8 Å². The van der Waals surface area contributed by atoms with Gasteiger partial charge in [-0.25, -0.2) is 4.68 Å². The molecule has 1 aliphatic heterocycles. The van der Waals surface area contributed by atoms with Gasteiger partial charge in [0.25, 0.3) is 0 Å². The van der Waals surface area contributed by atoms with Crippen molar-refractivity contribution in [3.63, 3.8) is 0 Å². The highest BCUT2D eigenvalue weighted by Gasteiger charge is 2.18. The Morgan fingerprint density at radius 1 is 1.27 bits per heavy atom. The van der Waals surface area contributed by atoms with E-state index in [-0.39, 0.29) is 24.8 Å². The topological polar surface area (TPSA) is 33.1 Å². The third kappa shape index (κ3) is 4.46. The second-order valence-electron chi connectivity index (χ2n) is 5.49. The van der Waals surface area contributed by atoms with Crippen molar-refractivity contribution in [1.82, 2.24) is 20.0 Å². The molecule has 1 saturated heterocycles. The molecule has 1 aromatic carbocycles. The van der Waals surface area contributed by atoms with E-state index < -0.39 is 0 Å². The molecule has 0 saturated carbocycles. The van der Waals surface area contributed by atoms with E-state index in [2.05, 4.69) is 46.6 Å². The molecular weight excluding hydrogens is 319 g/mol. The largest absolute Gasteiger partial charge is 0.315 e. The summed E-state index contributed by atoms with van der Waals surface area (Å²) in [7, 11) is 2.22. The summed E-state index contributed by atoms with van der Waals surface area (Å²) in [5.41, 5.74) is 2.50. The van der Waals surface area contributed by atoms with E-state index in [1.807, 2.05) is 23.1 Å². The number of nitrogens with zero attached hydrogens (tertiary/aromatic N) is 3. The van der Waals surface area contributed by atoms with Gasteiger partial charge in [-0.2, -0.15) is 5.10 Å². The fourth-order valence-electron chi connectivity index (χ4n) is 2.89. The number of hydrogen-bond acceptors (Lipinski definition) is 3. The van der Waals surface area contributed by atoms with Crippen LogP contribution in [0.5, 0.6) is 0 Å². The zero-order valence-electron chi connectivity index (χ0n) is 12.8. The maximum absolute atomic E-state index is 4.35. The first-order valence-electron chi connectivity index (χ1n) is 7.33. The second-order valence-corrected chi connectivity index (χ2v) is 5.49. The van der Waals surface area contributed by atoms with Gasteiger partial charge in [0.05, 0.1) is 5.69 Å². The average molecular weight is 343 g/mol. The second kappa shape index (κ2) is 9.16. The first kappa shape index (κ1) is 19.0. The SMILES string of the molecule is CN(Cc1ccccc1-n1cccn1)C1CCCNC1.Cl.Cl. The summed E-state index contributed by atoms with van der Waals surface area (Å²) in [6, 6.07) is 11.1. The molecule has 1 aromatic heterocycles. The average Bonchev–Trinajstić information content (AvgIpc) is 3.03. The van der Waals surface area contributed by atoms with Gasteiger partial charge in [-0.05, 0) is 44.1 Å². The summed E-state index contributed by atoms with van der Waals surface area (Å²) in [6.07, 6.45) is 6.38. The zero-order valence-corrected chi connectivity index (χ0v) is 14.4. The number of likely N-dealkylation sites (N-methyl/N-ethyl adjacent to an activating group) is 1. The van der Waals surface area contributed by atoms with Gasteiger partial charge in [-0.3, -0.25) is 4.90 Å². The summed E-state index contributed by atoms with van der Waals surface area (Å²) in [4.78, 5) is 2.45. The van der Waals surface area contributed by atoms with Crippen molar-refractivity contribution in [2.24, 2.45) is 0 Å². The minimum Gasteiger partial charge on any atom is -0.315 e. The van der Waals surface area contributed by atoms with E-state index in [9.17, 15) is 0 Å². The maximum atomic E-state index is 4.35. The molecule has 0 radical (unpaired) electrons. The zero-order chi connectivity index (χ0) is 13.8. The van der Waals surface area contributed by atoms with E-state index in [1.54, 1.807) is 0 Å². The van der Waals surface area contributed by atoms with Crippen LogP contribution in [0.3, 0.4) is 0 Å². The molecule has 4 nitrogen and oxygen atoms in total. The van der Waals surface area contributed by atoms with Crippen molar-refractivity contribution in [2.45, 2.75) is 25.4 Å². The van der Waals surface area contributed by atoms with Crippen LogP contribution in [0.1, 0.15) is 18.4 Å². The molecule has 22 heavy (non-hydrogen) atoms. The predicted molar refractivity (Wildman–Crippen MR) is 95.4 cm³/mol. The molecule has 3 rings (SSSR count). The number of halogens is 2. The Kier molecular flexibility index (Phi) is 7.90. The third-order valence-electron chi connectivity index (χ3n) is 4.06. The molecule has 1 N–H and O–H groups in total. The van der Waals surface area contributed by atoms with Gasteiger partial charge in [0.15, 0.2) is 0 Å². The first-order chi connectivity index (χ1) is 9.84. The van der Waals surface area contributed by atoms with Gasteiger partial charge >= 0.3 is 0 Å². The van der Waals surface area contributed by atoms with Crippen molar-refractivity contribution in [1.29, 1.82) is 0 Å². The lowest BCUT2D eigenvalue weighted by Gasteiger charge is -2.32. The van der Waals surface area contributed by atoms with Gasteiger partial charge in [-0.1, -0.05) is 18.2 Å². The van der Waals surface area contributed by atoms with Crippen molar-refractivity contribution in [3.05, 3.63) is 48.3 Å². The number of nitrogens with one attached hydrogen (secondary N) is 1. The molecular formula is C16H24Cl2N4. The van der Waals surface area contributed by atoms with Gasteiger partial charge in [0.2, 0.25) is 0 Å². The minimum atomic E-state index is 0. The van der Waals surface area contributed by atoms with Crippen LogP contribution in [0.2, 0.25) is 0 Å². The molecule has 1 aliphatic rings. The molecule has 6 heteroatoms. The first-order valence-corrected chi connectivity index (χ1v) is 7.33. The lowest BCUT2D eigenvalue weighted by molar-refractivity contribution is 0.195. The van der Waals surface area contributed by atoms with E-state index >= 15 is 0 Å². The number of aromatic nitrogens is 2. The maximum Gasteiger partial charge on any atom is 0.0690 e. The highest BCUT2D eigenvalue weighted by atomic mass is 35.5. The summed E-state index contributed by atoms with van der Waals surface area (Å²) in [6.45, 7) is 3.22. The summed E-state index contributed by atoms with van der Waals surface area (Å²) in [5, 5.41) is 7.84. The highest BCUT2D eigenvalue weighted by molar-refractivity contribution is 5.85. The summed E-state index contributed by atoms with van der Waals surface area (Å²) < 4.78 is 1.95. The molecule has 122 valence electrons. The van der Waals surface area contributed by atoms with Crippen molar-refractivity contribution in [3.8, 4) is 5.69 Å². The monoisotopic (exact) mass is 342 g/mol. The Morgan fingerprint density at radius 3 is 2.77 bits per heavy atom. The quantitative estimate of drug-likeness (QED) is 0.927. The van der Waals surface area contributed by atoms with Crippen LogP contribution in [0, 0.1) is 0 Å². The van der Waals surface area contributed by atoms with Crippen LogP contribution in [0.15, 0.2) is 42.7 Å². The van der Waals surface area contributed by atoms with Crippen LogP contribution < -0.4 is 5.32 Å². The van der Waals surface area contributed by atoms with Crippen LogP contribution in [0.25, 0.3) is 5.69 Å². The van der Waals surface area contributed by atoms with E-state index in [1.165, 1.54) is 24.1 Å². The molecule has 1 atom stereocenters. The molecule has 0 amide bonds. The number of para-hydroxylation sites is 1. The molecule has 1 fully saturated rings. The minimum absolute atomic E-state index is 0. The predicted octanol–water partition coefficient (Wildman–Crippen LogP) is 2.90. The Balaban J connectivity index is 0.00000121. The number of piperidine rings is 1. The van der Waals surface area contributed by atoms with Gasteiger partial charge in [-0.15, -0.1) is 24.8 Å². The number of hydrogen-bond donors (Lipinski definition) is 1. The standard InChI is InChI=1S/C16H22N4.2ClH/c1-19(15-7-4-9-17-12-15)13-14-6-2-3-8-16(14)20-11-5-10-18-20;;/h2-3,5-6,8,10-11,15,17H,4,7,9,12-13H2,1H3;2*1H. The van der Waals surface area contributed by atoms with E-state index in [4.69, 9.17) is 0 Å². The lowest BCUT2D eigenvalue weighted by atomic mass is 10.1. The summed E-state index contributed by atoms with van der Waals surface area (Å²) >= 11 is 0. The Bertz CT molecular complexity index is 539. The van der Waals surface area contributed by atoms with Gasteiger partial charge < -0.3 is 5.32 Å². The summed E-state index contributed by atoms with van der Waals surface area (Å²) in [5.74, 6) is 0. The normalized spacial score (nSPS) is 17.6. The van der Waals surface area contributed by atoms with E-state index in [0.29, 0.717) is 6.04 Å². The van der Waals surface area contributed by atoms with Crippen molar-refractivity contribution >= 4 is 24.8 Å². The fourth-order valence-corrected chi connectivity index (χ4v) is 2.89.